The highest BCUT2D eigenvalue weighted by atomic mass is 32.2. The van der Waals surface area contributed by atoms with Crippen molar-refractivity contribution in [2.24, 2.45) is 0 Å². The molecule has 40 heavy (non-hydrogen) atoms. The molecule has 1 saturated heterocycles. The summed E-state index contributed by atoms with van der Waals surface area (Å²) in [6.45, 7) is 3.56. The fourth-order valence-electron chi connectivity index (χ4n) is 4.22. The Morgan fingerprint density at radius 1 is 1.02 bits per heavy atom. The van der Waals surface area contributed by atoms with Gasteiger partial charge in [-0.1, -0.05) is 23.9 Å². The molecule has 0 saturated carbocycles. The standard InChI is InChI=1S/C28H33F3N6O2S/c1-35(2)12-11-32-26(38)21-6-4-5-20(17-21)19-40-27-33-24(28(29,30)31)18-25(34-27)37-15-13-36(14-16-37)22-7-9-23(39-3)10-8-22/h4-10,17-18H,11-16,19H2,1-3H3,(H,32,38). The monoisotopic (exact) mass is 574 g/mol. The summed E-state index contributed by atoms with van der Waals surface area (Å²) >= 11 is 1.12. The van der Waals surface area contributed by atoms with Gasteiger partial charge in [-0.05, 0) is 56.1 Å². The molecule has 12 heteroatoms. The summed E-state index contributed by atoms with van der Waals surface area (Å²) < 4.78 is 46.4. The maximum atomic E-state index is 13.7. The average Bonchev–Trinajstić information content (AvgIpc) is 2.95. The number of carbonyl (C=O) groups excluding carboxylic acids is 1. The minimum atomic E-state index is -4.59. The van der Waals surface area contributed by atoms with Crippen LogP contribution in [0.2, 0.25) is 0 Å². The van der Waals surface area contributed by atoms with E-state index in [2.05, 4.69) is 20.2 Å². The van der Waals surface area contributed by atoms with Crippen molar-refractivity contribution >= 4 is 29.2 Å². The number of alkyl halides is 3. The summed E-state index contributed by atoms with van der Waals surface area (Å²) in [5.41, 5.74) is 1.36. The number of hydrogen-bond acceptors (Lipinski definition) is 8. The predicted molar refractivity (Wildman–Crippen MR) is 151 cm³/mol. The molecule has 8 nitrogen and oxygen atoms in total. The second kappa shape index (κ2) is 13.2. The van der Waals surface area contributed by atoms with E-state index in [1.165, 1.54) is 0 Å². The van der Waals surface area contributed by atoms with Gasteiger partial charge in [-0.15, -0.1) is 0 Å². The second-order valence-corrected chi connectivity index (χ2v) is 10.6. The topological polar surface area (TPSA) is 73.8 Å². The van der Waals surface area contributed by atoms with Gasteiger partial charge in [0.15, 0.2) is 10.9 Å². The molecule has 1 aromatic heterocycles. The molecule has 1 fully saturated rings. The lowest BCUT2D eigenvalue weighted by atomic mass is 10.1. The van der Waals surface area contributed by atoms with E-state index in [-0.39, 0.29) is 16.9 Å². The normalized spacial score (nSPS) is 14.0. The number of ether oxygens (including phenoxy) is 1. The number of halogens is 3. The molecule has 2 heterocycles. The first-order chi connectivity index (χ1) is 19.1. The van der Waals surface area contributed by atoms with Crippen molar-refractivity contribution in [3.05, 3.63) is 71.4 Å². The third kappa shape index (κ3) is 8.01. The number of hydrogen-bond donors (Lipinski definition) is 1. The predicted octanol–water partition coefficient (Wildman–Crippen LogP) is 4.41. The molecule has 1 amide bonds. The van der Waals surface area contributed by atoms with Gasteiger partial charge in [-0.3, -0.25) is 4.79 Å². The van der Waals surface area contributed by atoms with Crippen LogP contribution in [0.5, 0.6) is 5.75 Å². The van der Waals surface area contributed by atoms with Crippen LogP contribution >= 0.6 is 11.8 Å². The fraction of sp³-hybridized carbons (Fsp3) is 0.393. The molecular weight excluding hydrogens is 541 g/mol. The Morgan fingerprint density at radius 3 is 2.38 bits per heavy atom. The molecule has 0 bridgehead atoms. The van der Waals surface area contributed by atoms with Gasteiger partial charge in [0.2, 0.25) is 0 Å². The van der Waals surface area contributed by atoms with E-state index >= 15 is 0 Å². The zero-order chi connectivity index (χ0) is 28.7. The van der Waals surface area contributed by atoms with Crippen molar-refractivity contribution in [3.63, 3.8) is 0 Å². The molecule has 214 valence electrons. The summed E-state index contributed by atoms with van der Waals surface area (Å²) in [6, 6.07) is 15.8. The quantitative estimate of drug-likeness (QED) is 0.282. The van der Waals surface area contributed by atoms with Crippen LogP contribution in [0, 0.1) is 0 Å². The number of anilines is 2. The van der Waals surface area contributed by atoms with E-state index in [0.29, 0.717) is 50.6 Å². The number of carbonyl (C=O) groups is 1. The van der Waals surface area contributed by atoms with Crippen molar-refractivity contribution in [1.82, 2.24) is 20.2 Å². The molecule has 1 aliphatic heterocycles. The van der Waals surface area contributed by atoms with Crippen molar-refractivity contribution < 1.29 is 22.7 Å². The second-order valence-electron chi connectivity index (χ2n) is 9.61. The highest BCUT2D eigenvalue weighted by Gasteiger charge is 2.34. The Balaban J connectivity index is 1.43. The van der Waals surface area contributed by atoms with Crippen molar-refractivity contribution in [3.8, 4) is 5.75 Å². The molecule has 0 aliphatic carbocycles. The molecule has 0 unspecified atom stereocenters. The van der Waals surface area contributed by atoms with Gasteiger partial charge in [0, 0.05) is 62.3 Å². The van der Waals surface area contributed by atoms with Crippen LogP contribution in [0.15, 0.2) is 59.8 Å². The summed E-state index contributed by atoms with van der Waals surface area (Å²) in [6.07, 6.45) is -4.59. The summed E-state index contributed by atoms with van der Waals surface area (Å²) in [5, 5.41) is 2.91. The van der Waals surface area contributed by atoms with E-state index in [9.17, 15) is 18.0 Å². The molecule has 3 aromatic rings. The third-order valence-corrected chi connectivity index (χ3v) is 7.34. The van der Waals surface area contributed by atoms with Gasteiger partial charge in [-0.2, -0.15) is 13.2 Å². The van der Waals surface area contributed by atoms with Gasteiger partial charge in [-0.25, -0.2) is 9.97 Å². The highest BCUT2D eigenvalue weighted by molar-refractivity contribution is 7.98. The number of nitrogens with zero attached hydrogens (tertiary/aromatic N) is 5. The van der Waals surface area contributed by atoms with Crippen molar-refractivity contribution in [2.75, 3.05) is 70.3 Å². The Labute approximate surface area is 236 Å². The maximum absolute atomic E-state index is 13.7. The van der Waals surface area contributed by atoms with Gasteiger partial charge in [0.1, 0.15) is 11.6 Å². The van der Waals surface area contributed by atoms with Crippen LogP contribution in [-0.2, 0) is 11.9 Å². The number of amides is 1. The van der Waals surface area contributed by atoms with E-state index < -0.39 is 11.9 Å². The first-order valence-corrected chi connectivity index (χ1v) is 13.9. The largest absolute Gasteiger partial charge is 0.497 e. The molecule has 0 atom stereocenters. The summed E-state index contributed by atoms with van der Waals surface area (Å²) in [7, 11) is 5.46. The summed E-state index contributed by atoms with van der Waals surface area (Å²) in [5.74, 6) is 1.15. The zero-order valence-corrected chi connectivity index (χ0v) is 23.6. The molecule has 1 aliphatic rings. The van der Waals surface area contributed by atoms with Crippen LogP contribution in [0.4, 0.5) is 24.7 Å². The van der Waals surface area contributed by atoms with E-state index in [1.54, 1.807) is 25.3 Å². The number of nitrogens with one attached hydrogen (secondary N) is 1. The van der Waals surface area contributed by atoms with Crippen LogP contribution in [0.3, 0.4) is 0 Å². The van der Waals surface area contributed by atoms with E-state index in [1.807, 2.05) is 54.2 Å². The Bertz CT molecular complexity index is 1280. The first-order valence-electron chi connectivity index (χ1n) is 12.9. The minimum absolute atomic E-state index is 0.0447. The van der Waals surface area contributed by atoms with Crippen LogP contribution in [0.25, 0.3) is 0 Å². The Hall–Kier alpha value is -3.51. The molecule has 4 rings (SSSR count). The fourth-order valence-corrected chi connectivity index (χ4v) is 5.01. The van der Waals surface area contributed by atoms with Gasteiger partial charge in [0.25, 0.3) is 5.91 Å². The minimum Gasteiger partial charge on any atom is -0.497 e. The number of benzene rings is 2. The smallest absolute Gasteiger partial charge is 0.433 e. The SMILES string of the molecule is COc1ccc(N2CCN(c3cc(C(F)(F)F)nc(SCc4cccc(C(=O)NCCN(C)C)c4)n3)CC2)cc1. The summed E-state index contributed by atoms with van der Waals surface area (Å²) in [4.78, 5) is 26.8. The number of methoxy groups -OCH3 is 1. The van der Waals surface area contributed by atoms with Crippen molar-refractivity contribution in [2.45, 2.75) is 17.1 Å². The molecule has 0 spiro atoms. The number of rotatable bonds is 10. The van der Waals surface area contributed by atoms with Crippen LogP contribution < -0.4 is 19.9 Å². The lowest BCUT2D eigenvalue weighted by Crippen LogP contribution is -2.47. The first kappa shape index (κ1) is 29.5. The van der Waals surface area contributed by atoms with Gasteiger partial charge < -0.3 is 24.8 Å². The number of aromatic nitrogens is 2. The highest BCUT2D eigenvalue weighted by Crippen LogP contribution is 2.33. The molecule has 2 aromatic carbocycles. The molecule has 1 N–H and O–H groups in total. The van der Waals surface area contributed by atoms with Gasteiger partial charge in [0.05, 0.1) is 7.11 Å². The molecule has 0 radical (unpaired) electrons. The molecular formula is C28H33F3N6O2S. The van der Waals surface area contributed by atoms with Gasteiger partial charge >= 0.3 is 6.18 Å². The third-order valence-electron chi connectivity index (χ3n) is 6.43. The van der Waals surface area contributed by atoms with Crippen molar-refractivity contribution in [1.29, 1.82) is 0 Å². The van der Waals surface area contributed by atoms with E-state index in [4.69, 9.17) is 4.74 Å². The van der Waals surface area contributed by atoms with Crippen LogP contribution in [0.1, 0.15) is 21.6 Å². The Morgan fingerprint density at radius 2 is 1.73 bits per heavy atom. The van der Waals surface area contributed by atoms with Crippen LogP contribution in [-0.4, -0.2) is 81.2 Å². The van der Waals surface area contributed by atoms with E-state index in [0.717, 1.165) is 34.8 Å². The maximum Gasteiger partial charge on any atom is 0.433 e. The Kier molecular flexibility index (Phi) is 9.75. The average molecular weight is 575 g/mol. The number of thioether (sulfide) groups is 1. The lowest BCUT2D eigenvalue weighted by Gasteiger charge is -2.37. The number of piperazine rings is 1. The number of likely N-dealkylation sites (N-methyl/N-ethyl adjacent to an activating group) is 1. The zero-order valence-electron chi connectivity index (χ0n) is 22.7. The lowest BCUT2D eigenvalue weighted by molar-refractivity contribution is -0.141.